The largest absolute Gasteiger partial charge is 0.485 e. The lowest BCUT2D eigenvalue weighted by molar-refractivity contribution is 0.0524. The van der Waals surface area contributed by atoms with Gasteiger partial charge in [-0.3, -0.25) is 9.59 Å². The van der Waals surface area contributed by atoms with Crippen LogP contribution in [0.2, 0.25) is 0 Å². The first-order valence-electron chi connectivity index (χ1n) is 9.54. The van der Waals surface area contributed by atoms with Gasteiger partial charge in [0.1, 0.15) is 5.75 Å². The highest BCUT2D eigenvalue weighted by Gasteiger charge is 2.21. The first-order valence-corrected chi connectivity index (χ1v) is 9.54. The molecule has 0 unspecified atom stereocenters. The van der Waals surface area contributed by atoms with Crippen LogP contribution in [0.15, 0.2) is 18.2 Å². The number of benzene rings is 1. The highest BCUT2D eigenvalue weighted by Crippen LogP contribution is 2.22. The Kier molecular flexibility index (Phi) is 7.52. The number of hydrogen-bond donors (Lipinski definition) is 1. The number of H-pyrrole nitrogens is 1. The Morgan fingerprint density at radius 2 is 1.43 bits per heavy atom. The highest BCUT2D eigenvalue weighted by atomic mass is 16.5. The number of carbonyl (C=O) groups excluding carboxylic acids is 4. The smallest absolute Gasteiger partial charge is 0.338 e. The van der Waals surface area contributed by atoms with Gasteiger partial charge >= 0.3 is 11.9 Å². The number of rotatable bonds is 9. The van der Waals surface area contributed by atoms with Crippen molar-refractivity contribution in [2.24, 2.45) is 0 Å². The maximum atomic E-state index is 12.6. The summed E-state index contributed by atoms with van der Waals surface area (Å²) in [4.78, 5) is 51.5. The lowest BCUT2D eigenvalue weighted by Crippen LogP contribution is -2.15. The molecule has 1 N–H and O–H groups in total. The number of ketones is 2. The number of esters is 2. The topological polar surface area (TPSA) is 112 Å². The summed E-state index contributed by atoms with van der Waals surface area (Å²) in [6, 6.07) is 4.13. The predicted molar refractivity (Wildman–Crippen MR) is 108 cm³/mol. The van der Waals surface area contributed by atoms with E-state index in [1.165, 1.54) is 25.1 Å². The van der Waals surface area contributed by atoms with Gasteiger partial charge in [-0.15, -0.1) is 0 Å². The minimum absolute atomic E-state index is 0.107. The summed E-state index contributed by atoms with van der Waals surface area (Å²) < 4.78 is 15.5. The van der Waals surface area contributed by atoms with Crippen molar-refractivity contribution in [1.82, 2.24) is 4.98 Å². The first-order chi connectivity index (χ1) is 14.2. The van der Waals surface area contributed by atoms with E-state index >= 15 is 0 Å². The monoisotopic (exact) mass is 415 g/mol. The summed E-state index contributed by atoms with van der Waals surface area (Å²) in [6.07, 6.45) is 0. The van der Waals surface area contributed by atoms with Crippen LogP contribution in [0.3, 0.4) is 0 Å². The average Bonchev–Trinajstić information content (AvgIpc) is 3.00. The molecule has 0 bridgehead atoms. The van der Waals surface area contributed by atoms with Gasteiger partial charge in [-0.1, -0.05) is 0 Å². The maximum Gasteiger partial charge on any atom is 0.338 e. The van der Waals surface area contributed by atoms with E-state index < -0.39 is 11.9 Å². The molecule has 8 heteroatoms. The average molecular weight is 415 g/mol. The Balaban J connectivity index is 2.28. The van der Waals surface area contributed by atoms with Gasteiger partial charge in [0.05, 0.1) is 30.0 Å². The van der Waals surface area contributed by atoms with Crippen LogP contribution in [0.4, 0.5) is 0 Å². The van der Waals surface area contributed by atoms with E-state index in [1.54, 1.807) is 27.7 Å². The number of aryl methyl sites for hydroxylation is 1. The molecule has 0 saturated carbocycles. The zero-order chi connectivity index (χ0) is 22.4. The third kappa shape index (κ3) is 5.14. The van der Waals surface area contributed by atoms with E-state index in [-0.39, 0.29) is 54.0 Å². The van der Waals surface area contributed by atoms with Gasteiger partial charge in [0.2, 0.25) is 5.78 Å². The number of hydrogen-bond acceptors (Lipinski definition) is 7. The molecule has 0 aliphatic rings. The Bertz CT molecular complexity index is 951. The SMILES string of the molecule is CCOC(=O)c1cc(OCC(=O)c2[nH]c(C)c(C(C)=O)c2C)cc(C(=O)OCC)c1. The lowest BCUT2D eigenvalue weighted by atomic mass is 10.1. The number of aromatic amines is 1. The normalized spacial score (nSPS) is 10.4. The molecule has 0 saturated heterocycles. The first kappa shape index (κ1) is 22.9. The third-order valence-electron chi connectivity index (χ3n) is 4.37. The van der Waals surface area contributed by atoms with Crippen molar-refractivity contribution >= 4 is 23.5 Å². The summed E-state index contributed by atoms with van der Waals surface area (Å²) in [5.41, 5.74) is 2.14. The molecule has 0 aliphatic carbocycles. The molecule has 160 valence electrons. The van der Waals surface area contributed by atoms with Crippen molar-refractivity contribution in [3.8, 4) is 5.75 Å². The Morgan fingerprint density at radius 1 is 0.900 bits per heavy atom. The Labute approximate surface area is 174 Å². The van der Waals surface area contributed by atoms with E-state index in [2.05, 4.69) is 4.98 Å². The van der Waals surface area contributed by atoms with Crippen LogP contribution < -0.4 is 4.74 Å². The van der Waals surface area contributed by atoms with Crippen LogP contribution >= 0.6 is 0 Å². The second-order valence-electron chi connectivity index (χ2n) is 6.58. The quantitative estimate of drug-likeness (QED) is 0.493. The molecule has 0 aliphatic heterocycles. The number of aromatic nitrogens is 1. The molecule has 1 heterocycles. The fourth-order valence-corrected chi connectivity index (χ4v) is 3.12. The number of carbonyl (C=O) groups is 4. The standard InChI is InChI=1S/C22H25NO7/c1-6-28-21(26)15-8-16(22(27)29-7-2)10-17(9-15)30-11-18(25)20-12(3)19(14(5)24)13(4)23-20/h8-10,23H,6-7,11H2,1-5H3. The van der Waals surface area contributed by atoms with E-state index in [0.29, 0.717) is 16.8 Å². The zero-order valence-electron chi connectivity index (χ0n) is 17.7. The van der Waals surface area contributed by atoms with Gasteiger partial charge in [0.15, 0.2) is 12.4 Å². The van der Waals surface area contributed by atoms with Gasteiger partial charge in [0.25, 0.3) is 0 Å². The minimum atomic E-state index is -0.623. The number of ether oxygens (including phenoxy) is 3. The minimum Gasteiger partial charge on any atom is -0.485 e. The van der Waals surface area contributed by atoms with Crippen LogP contribution in [0.5, 0.6) is 5.75 Å². The second-order valence-corrected chi connectivity index (χ2v) is 6.58. The van der Waals surface area contributed by atoms with Gasteiger partial charge < -0.3 is 19.2 Å². The zero-order valence-corrected chi connectivity index (χ0v) is 17.7. The fraction of sp³-hybridized carbons (Fsp3) is 0.364. The molecule has 1 aromatic heterocycles. The molecule has 1 aromatic carbocycles. The molecule has 0 fully saturated rings. The molecule has 0 radical (unpaired) electrons. The van der Waals surface area contributed by atoms with Crippen molar-refractivity contribution in [2.75, 3.05) is 19.8 Å². The van der Waals surface area contributed by atoms with E-state index in [1.807, 2.05) is 0 Å². The predicted octanol–water partition coefficient (Wildman–Crippen LogP) is 3.45. The third-order valence-corrected chi connectivity index (χ3v) is 4.37. The van der Waals surface area contributed by atoms with Crippen LogP contribution in [-0.2, 0) is 9.47 Å². The maximum absolute atomic E-state index is 12.6. The van der Waals surface area contributed by atoms with E-state index in [9.17, 15) is 19.2 Å². The Hall–Kier alpha value is -3.42. The fourth-order valence-electron chi connectivity index (χ4n) is 3.12. The van der Waals surface area contributed by atoms with Crippen LogP contribution in [0, 0.1) is 13.8 Å². The van der Waals surface area contributed by atoms with Crippen LogP contribution in [0.25, 0.3) is 0 Å². The second kappa shape index (κ2) is 9.87. The van der Waals surface area contributed by atoms with E-state index in [4.69, 9.17) is 14.2 Å². The summed E-state index contributed by atoms with van der Waals surface area (Å²) >= 11 is 0. The molecule has 2 aromatic rings. The van der Waals surface area contributed by atoms with Gasteiger partial charge in [0, 0.05) is 11.3 Å². The van der Waals surface area contributed by atoms with Crippen molar-refractivity contribution in [3.05, 3.63) is 51.8 Å². The molecule has 8 nitrogen and oxygen atoms in total. The summed E-state index contributed by atoms with van der Waals surface area (Å²) in [5, 5.41) is 0. The molecule has 0 amide bonds. The Morgan fingerprint density at radius 3 is 1.87 bits per heavy atom. The van der Waals surface area contributed by atoms with Crippen molar-refractivity contribution in [1.29, 1.82) is 0 Å². The molecule has 2 rings (SSSR count). The molecule has 0 atom stereocenters. The molecule has 0 spiro atoms. The summed E-state index contributed by atoms with van der Waals surface area (Å²) in [5.74, 6) is -1.61. The lowest BCUT2D eigenvalue weighted by Gasteiger charge is -2.10. The van der Waals surface area contributed by atoms with Crippen LogP contribution in [-0.4, -0.2) is 48.3 Å². The molecular weight excluding hydrogens is 390 g/mol. The summed E-state index contributed by atoms with van der Waals surface area (Å²) in [7, 11) is 0. The number of nitrogens with one attached hydrogen (secondary N) is 1. The summed E-state index contributed by atoms with van der Waals surface area (Å²) in [6.45, 7) is 8.16. The van der Waals surface area contributed by atoms with Crippen molar-refractivity contribution in [2.45, 2.75) is 34.6 Å². The molecular formula is C22H25NO7. The highest BCUT2D eigenvalue weighted by molar-refractivity contribution is 6.03. The van der Waals surface area contributed by atoms with Crippen LogP contribution in [0.1, 0.15) is 73.6 Å². The molecule has 30 heavy (non-hydrogen) atoms. The van der Waals surface area contributed by atoms with Crippen molar-refractivity contribution in [3.63, 3.8) is 0 Å². The van der Waals surface area contributed by atoms with Gasteiger partial charge in [-0.25, -0.2) is 9.59 Å². The van der Waals surface area contributed by atoms with Gasteiger partial charge in [-0.2, -0.15) is 0 Å². The van der Waals surface area contributed by atoms with Gasteiger partial charge in [-0.05, 0) is 58.4 Å². The van der Waals surface area contributed by atoms with E-state index in [0.717, 1.165) is 0 Å². The van der Waals surface area contributed by atoms with Crippen molar-refractivity contribution < 1.29 is 33.4 Å². The number of Topliss-reactive ketones (excluding diaryl/α,β-unsaturated/α-hetero) is 2.